The molecular weight excluding hydrogens is 406 g/mol. The van der Waals surface area contributed by atoms with E-state index in [0.717, 1.165) is 16.7 Å². The number of para-hydroxylation sites is 1. The average Bonchev–Trinajstić information content (AvgIpc) is 3.11. The fourth-order valence-electron chi connectivity index (χ4n) is 4.41. The second kappa shape index (κ2) is 7.53. The van der Waals surface area contributed by atoms with Gasteiger partial charge >= 0.3 is 0 Å². The van der Waals surface area contributed by atoms with Gasteiger partial charge in [0.1, 0.15) is 11.6 Å². The molecule has 0 spiro atoms. The zero-order valence-electron chi connectivity index (χ0n) is 19.5. The number of nitriles is 1. The lowest BCUT2D eigenvalue weighted by Crippen LogP contribution is -2.10. The molecule has 0 atom stereocenters. The Balaban J connectivity index is 1.79. The maximum atomic E-state index is 9.99. The fraction of sp³-hybridized carbons (Fsp3) is 0.214. The van der Waals surface area contributed by atoms with Crippen LogP contribution in [0.4, 0.5) is 0 Å². The van der Waals surface area contributed by atoms with Gasteiger partial charge in [0.2, 0.25) is 0 Å². The van der Waals surface area contributed by atoms with Crippen LogP contribution >= 0.6 is 0 Å². The maximum Gasteiger partial charge on any atom is 0.164 e. The summed E-state index contributed by atoms with van der Waals surface area (Å²) in [5, 5.41) is 12.4. The normalized spacial score (nSPS) is 11.8. The number of fused-ring (bicyclic) bond motifs is 3. The Morgan fingerprint density at radius 2 is 1.48 bits per heavy atom. The molecular formula is C28H25N5. The van der Waals surface area contributed by atoms with Gasteiger partial charge in [0.15, 0.2) is 5.82 Å². The Morgan fingerprint density at radius 1 is 0.788 bits per heavy atom. The van der Waals surface area contributed by atoms with Gasteiger partial charge in [-0.15, -0.1) is 0 Å². The molecule has 0 aliphatic carbocycles. The van der Waals surface area contributed by atoms with E-state index in [9.17, 15) is 5.26 Å². The van der Waals surface area contributed by atoms with Crippen molar-refractivity contribution in [2.24, 2.45) is 0 Å². The molecule has 5 aromatic rings. The highest BCUT2D eigenvalue weighted by atomic mass is 15.0. The molecule has 0 unspecified atom stereocenters. The number of aromatic nitrogens is 4. The monoisotopic (exact) mass is 431 g/mol. The first-order chi connectivity index (χ1) is 15.8. The third-order valence-electron chi connectivity index (χ3n) is 6.02. The van der Waals surface area contributed by atoms with Crippen molar-refractivity contribution in [1.29, 1.82) is 5.26 Å². The van der Waals surface area contributed by atoms with Crippen molar-refractivity contribution in [3.05, 3.63) is 83.4 Å². The van der Waals surface area contributed by atoms with Gasteiger partial charge in [-0.25, -0.2) is 15.0 Å². The van der Waals surface area contributed by atoms with Crippen molar-refractivity contribution in [3.63, 3.8) is 0 Å². The van der Waals surface area contributed by atoms with E-state index < -0.39 is 0 Å². The van der Waals surface area contributed by atoms with Crippen LogP contribution in [0.2, 0.25) is 0 Å². The third-order valence-corrected chi connectivity index (χ3v) is 6.02. The van der Waals surface area contributed by atoms with Gasteiger partial charge in [0.25, 0.3) is 0 Å². The molecule has 0 bridgehead atoms. The predicted molar refractivity (Wildman–Crippen MR) is 132 cm³/mol. The SMILES string of the molecule is Cc1nc(C)nc(-c2ccc(-n3c4ccccc4c4ccc(C(C)(C)C)cc43)cc2C#N)n1. The van der Waals surface area contributed by atoms with Crippen LogP contribution in [-0.2, 0) is 5.41 Å². The fourth-order valence-corrected chi connectivity index (χ4v) is 4.41. The molecule has 0 N–H and O–H groups in total. The smallest absolute Gasteiger partial charge is 0.164 e. The van der Waals surface area contributed by atoms with Crippen molar-refractivity contribution >= 4 is 21.8 Å². The van der Waals surface area contributed by atoms with Crippen molar-refractivity contribution in [2.45, 2.75) is 40.0 Å². The minimum absolute atomic E-state index is 0.0333. The van der Waals surface area contributed by atoms with E-state index >= 15 is 0 Å². The van der Waals surface area contributed by atoms with Gasteiger partial charge in [-0.05, 0) is 55.2 Å². The highest BCUT2D eigenvalue weighted by Crippen LogP contribution is 2.36. The molecule has 5 heteroatoms. The van der Waals surface area contributed by atoms with E-state index in [-0.39, 0.29) is 5.41 Å². The maximum absolute atomic E-state index is 9.99. The summed E-state index contributed by atoms with van der Waals surface area (Å²) in [5.74, 6) is 1.81. The Bertz CT molecular complexity index is 1560. The molecule has 0 aliphatic rings. The summed E-state index contributed by atoms with van der Waals surface area (Å²) in [7, 11) is 0. The van der Waals surface area contributed by atoms with E-state index in [1.165, 1.54) is 16.3 Å². The molecule has 5 rings (SSSR count). The molecule has 5 nitrogen and oxygen atoms in total. The zero-order chi connectivity index (χ0) is 23.3. The Hall–Kier alpha value is -4.04. The van der Waals surface area contributed by atoms with E-state index in [1.807, 2.05) is 32.0 Å². The molecule has 0 aliphatic heterocycles. The van der Waals surface area contributed by atoms with Crippen molar-refractivity contribution in [2.75, 3.05) is 0 Å². The van der Waals surface area contributed by atoms with Crippen LogP contribution < -0.4 is 0 Å². The topological polar surface area (TPSA) is 67.4 Å². The minimum Gasteiger partial charge on any atom is -0.309 e. The first kappa shape index (κ1) is 20.8. The lowest BCUT2D eigenvalue weighted by atomic mass is 9.86. The van der Waals surface area contributed by atoms with Crippen LogP contribution in [0.25, 0.3) is 38.9 Å². The summed E-state index contributed by atoms with van der Waals surface area (Å²) in [4.78, 5) is 13.2. The molecule has 33 heavy (non-hydrogen) atoms. The van der Waals surface area contributed by atoms with Crippen LogP contribution in [-0.4, -0.2) is 19.5 Å². The van der Waals surface area contributed by atoms with Crippen molar-refractivity contribution in [3.8, 4) is 23.1 Å². The second-order valence-electron chi connectivity index (χ2n) is 9.43. The number of hydrogen-bond donors (Lipinski definition) is 0. The Labute approximate surface area is 193 Å². The number of aryl methyl sites for hydroxylation is 2. The predicted octanol–water partition coefficient (Wildman–Crippen LogP) is 6.42. The number of hydrogen-bond acceptors (Lipinski definition) is 4. The average molecular weight is 432 g/mol. The Kier molecular flexibility index (Phi) is 4.75. The summed E-state index contributed by atoms with van der Waals surface area (Å²) in [6.07, 6.45) is 0. The molecule has 162 valence electrons. The van der Waals surface area contributed by atoms with Gasteiger partial charge < -0.3 is 4.57 Å². The largest absolute Gasteiger partial charge is 0.309 e. The summed E-state index contributed by atoms with van der Waals surface area (Å²) in [6, 6.07) is 23.4. The summed E-state index contributed by atoms with van der Waals surface area (Å²) < 4.78 is 2.24. The van der Waals surface area contributed by atoms with Gasteiger partial charge in [-0.2, -0.15) is 5.26 Å². The summed E-state index contributed by atoms with van der Waals surface area (Å²) >= 11 is 0. The van der Waals surface area contributed by atoms with E-state index in [4.69, 9.17) is 0 Å². The molecule has 0 radical (unpaired) electrons. The number of rotatable bonds is 2. The summed E-state index contributed by atoms with van der Waals surface area (Å²) in [5.41, 5.74) is 5.74. The van der Waals surface area contributed by atoms with E-state index in [1.54, 1.807) is 0 Å². The molecule has 2 heterocycles. The standard InChI is InChI=1S/C28H25N5/c1-17-30-18(2)32-27(31-17)22-13-11-21(14-19(22)16-29)33-25-9-7-6-8-23(25)24-12-10-20(15-26(24)33)28(3,4)5/h6-15H,1-5H3. The van der Waals surface area contributed by atoms with Crippen LogP contribution in [0.5, 0.6) is 0 Å². The van der Waals surface area contributed by atoms with Crippen LogP contribution in [0.3, 0.4) is 0 Å². The molecule has 0 fully saturated rings. The first-order valence-corrected chi connectivity index (χ1v) is 11.0. The second-order valence-corrected chi connectivity index (χ2v) is 9.43. The van der Waals surface area contributed by atoms with E-state index in [2.05, 4.69) is 88.8 Å². The van der Waals surface area contributed by atoms with Crippen molar-refractivity contribution < 1.29 is 0 Å². The first-order valence-electron chi connectivity index (χ1n) is 11.0. The third kappa shape index (κ3) is 3.54. The molecule has 3 aromatic carbocycles. The molecule has 0 saturated heterocycles. The highest BCUT2D eigenvalue weighted by molar-refractivity contribution is 6.09. The highest BCUT2D eigenvalue weighted by Gasteiger charge is 2.19. The quantitative estimate of drug-likeness (QED) is 0.323. The van der Waals surface area contributed by atoms with Crippen molar-refractivity contribution in [1.82, 2.24) is 19.5 Å². The molecule has 2 aromatic heterocycles. The van der Waals surface area contributed by atoms with Gasteiger partial charge in [-0.1, -0.05) is 51.1 Å². The number of benzene rings is 3. The zero-order valence-corrected chi connectivity index (χ0v) is 19.5. The van der Waals surface area contributed by atoms with Gasteiger partial charge in [0.05, 0.1) is 22.7 Å². The van der Waals surface area contributed by atoms with Crippen LogP contribution in [0, 0.1) is 25.2 Å². The van der Waals surface area contributed by atoms with E-state index in [0.29, 0.717) is 28.6 Å². The lowest BCUT2D eigenvalue weighted by Gasteiger charge is -2.19. The number of nitrogens with zero attached hydrogens (tertiary/aromatic N) is 5. The summed E-state index contributed by atoms with van der Waals surface area (Å²) in [6.45, 7) is 10.3. The van der Waals surface area contributed by atoms with Crippen LogP contribution in [0.15, 0.2) is 60.7 Å². The Morgan fingerprint density at radius 3 is 2.18 bits per heavy atom. The van der Waals surface area contributed by atoms with Gasteiger partial charge in [0, 0.05) is 22.0 Å². The lowest BCUT2D eigenvalue weighted by molar-refractivity contribution is 0.591. The molecule has 0 saturated carbocycles. The molecule has 0 amide bonds. The van der Waals surface area contributed by atoms with Gasteiger partial charge in [-0.3, -0.25) is 0 Å². The minimum atomic E-state index is 0.0333. The van der Waals surface area contributed by atoms with Crippen LogP contribution in [0.1, 0.15) is 43.5 Å².